The lowest BCUT2D eigenvalue weighted by molar-refractivity contribution is 0.0960. The zero-order valence-electron chi connectivity index (χ0n) is 9.63. The Balaban J connectivity index is 3.28. The highest BCUT2D eigenvalue weighted by molar-refractivity contribution is 5.97. The number of carbonyl (C=O) groups is 1. The molecule has 1 rings (SSSR count). The van der Waals surface area contributed by atoms with E-state index in [4.69, 9.17) is 4.74 Å². The zero-order valence-corrected chi connectivity index (χ0v) is 9.63. The van der Waals surface area contributed by atoms with E-state index in [0.717, 1.165) is 5.56 Å². The second-order valence-corrected chi connectivity index (χ2v) is 3.66. The van der Waals surface area contributed by atoms with E-state index in [2.05, 4.69) is 19.2 Å². The number of methoxy groups -OCH3 is 1. The van der Waals surface area contributed by atoms with Gasteiger partial charge in [-0.2, -0.15) is 0 Å². The van der Waals surface area contributed by atoms with Gasteiger partial charge >= 0.3 is 0 Å². The van der Waals surface area contributed by atoms with E-state index in [1.165, 1.54) is 0 Å². The molecule has 1 aromatic rings. The van der Waals surface area contributed by atoms with Crippen LogP contribution in [0.25, 0.3) is 0 Å². The molecular formula is C12H17NO2. The topological polar surface area (TPSA) is 38.3 Å². The summed E-state index contributed by atoms with van der Waals surface area (Å²) in [6, 6.07) is 5.63. The number of carbonyl (C=O) groups excluding carboxylic acids is 1. The second kappa shape index (κ2) is 4.82. The Morgan fingerprint density at radius 3 is 2.53 bits per heavy atom. The van der Waals surface area contributed by atoms with Crippen LogP contribution in [-0.2, 0) is 0 Å². The van der Waals surface area contributed by atoms with Crippen LogP contribution < -0.4 is 10.1 Å². The summed E-state index contributed by atoms with van der Waals surface area (Å²) in [4.78, 5) is 11.6. The van der Waals surface area contributed by atoms with Gasteiger partial charge in [0, 0.05) is 7.05 Å². The molecule has 0 aliphatic heterocycles. The molecule has 0 bridgehead atoms. The molecule has 1 amide bonds. The zero-order chi connectivity index (χ0) is 11.4. The highest BCUT2D eigenvalue weighted by atomic mass is 16.5. The van der Waals surface area contributed by atoms with Gasteiger partial charge < -0.3 is 10.1 Å². The smallest absolute Gasteiger partial charge is 0.254 e. The maximum Gasteiger partial charge on any atom is 0.254 e. The fourth-order valence-electron chi connectivity index (χ4n) is 1.55. The Hall–Kier alpha value is -1.51. The van der Waals surface area contributed by atoms with Crippen LogP contribution in [0.15, 0.2) is 18.2 Å². The molecule has 0 radical (unpaired) electrons. The van der Waals surface area contributed by atoms with Crippen molar-refractivity contribution in [1.29, 1.82) is 0 Å². The van der Waals surface area contributed by atoms with Gasteiger partial charge in [0.2, 0.25) is 0 Å². The summed E-state index contributed by atoms with van der Waals surface area (Å²) in [5, 5.41) is 2.60. The molecule has 0 atom stereocenters. The average molecular weight is 207 g/mol. The van der Waals surface area contributed by atoms with Crippen LogP contribution in [0, 0.1) is 0 Å². The fourth-order valence-corrected chi connectivity index (χ4v) is 1.55. The van der Waals surface area contributed by atoms with Crippen molar-refractivity contribution in [3.63, 3.8) is 0 Å². The average Bonchev–Trinajstić information content (AvgIpc) is 2.26. The van der Waals surface area contributed by atoms with E-state index in [0.29, 0.717) is 17.2 Å². The Labute approximate surface area is 90.4 Å². The van der Waals surface area contributed by atoms with Crippen molar-refractivity contribution in [2.75, 3.05) is 14.2 Å². The van der Waals surface area contributed by atoms with Crippen LogP contribution in [-0.4, -0.2) is 20.1 Å². The Morgan fingerprint density at radius 1 is 1.40 bits per heavy atom. The number of amides is 1. The Kier molecular flexibility index (Phi) is 3.72. The quantitative estimate of drug-likeness (QED) is 0.825. The van der Waals surface area contributed by atoms with Crippen LogP contribution in [0.3, 0.4) is 0 Å². The summed E-state index contributed by atoms with van der Waals surface area (Å²) in [7, 11) is 3.21. The molecule has 15 heavy (non-hydrogen) atoms. The number of hydrogen-bond donors (Lipinski definition) is 1. The molecule has 0 heterocycles. The minimum absolute atomic E-state index is 0.116. The fraction of sp³-hybridized carbons (Fsp3) is 0.417. The van der Waals surface area contributed by atoms with Crippen molar-refractivity contribution in [2.24, 2.45) is 0 Å². The van der Waals surface area contributed by atoms with Gasteiger partial charge in [-0.1, -0.05) is 26.0 Å². The number of hydrogen-bond acceptors (Lipinski definition) is 2. The van der Waals surface area contributed by atoms with E-state index in [1.54, 1.807) is 20.2 Å². The molecule has 0 saturated heterocycles. The molecule has 3 heteroatoms. The number of rotatable bonds is 3. The third-order valence-corrected chi connectivity index (χ3v) is 2.34. The Bertz CT molecular complexity index is 359. The largest absolute Gasteiger partial charge is 0.496 e. The molecule has 0 fully saturated rings. The minimum atomic E-state index is -0.116. The first-order valence-corrected chi connectivity index (χ1v) is 5.00. The monoisotopic (exact) mass is 207 g/mol. The molecule has 0 aliphatic rings. The van der Waals surface area contributed by atoms with E-state index in [9.17, 15) is 4.79 Å². The van der Waals surface area contributed by atoms with Crippen molar-refractivity contribution < 1.29 is 9.53 Å². The predicted molar refractivity (Wildman–Crippen MR) is 60.5 cm³/mol. The Morgan fingerprint density at radius 2 is 2.07 bits per heavy atom. The summed E-state index contributed by atoms with van der Waals surface area (Å²) in [5.74, 6) is 0.894. The summed E-state index contributed by atoms with van der Waals surface area (Å²) in [5.41, 5.74) is 1.64. The van der Waals surface area contributed by atoms with Gasteiger partial charge in [-0.3, -0.25) is 4.79 Å². The van der Waals surface area contributed by atoms with Gasteiger partial charge in [0.25, 0.3) is 5.91 Å². The van der Waals surface area contributed by atoms with Crippen LogP contribution in [0.1, 0.15) is 35.7 Å². The van der Waals surface area contributed by atoms with E-state index >= 15 is 0 Å². The van der Waals surface area contributed by atoms with Gasteiger partial charge in [-0.25, -0.2) is 0 Å². The van der Waals surface area contributed by atoms with Gasteiger partial charge in [0.05, 0.1) is 12.7 Å². The number of benzene rings is 1. The summed E-state index contributed by atoms with van der Waals surface area (Å²) < 4.78 is 5.30. The molecule has 0 unspecified atom stereocenters. The predicted octanol–water partition coefficient (Wildman–Crippen LogP) is 2.18. The van der Waals surface area contributed by atoms with E-state index in [1.807, 2.05) is 12.1 Å². The van der Waals surface area contributed by atoms with Crippen LogP contribution in [0.2, 0.25) is 0 Å². The molecule has 3 nitrogen and oxygen atoms in total. The van der Waals surface area contributed by atoms with E-state index in [-0.39, 0.29) is 5.91 Å². The van der Waals surface area contributed by atoms with Crippen LogP contribution >= 0.6 is 0 Å². The highest BCUT2D eigenvalue weighted by Gasteiger charge is 2.15. The third-order valence-electron chi connectivity index (χ3n) is 2.34. The van der Waals surface area contributed by atoms with Crippen molar-refractivity contribution in [3.8, 4) is 5.75 Å². The third kappa shape index (κ3) is 2.29. The van der Waals surface area contributed by atoms with E-state index < -0.39 is 0 Å². The molecule has 82 valence electrons. The van der Waals surface area contributed by atoms with Gasteiger partial charge in [-0.05, 0) is 17.5 Å². The summed E-state index contributed by atoms with van der Waals surface area (Å²) in [6.45, 7) is 4.15. The SMILES string of the molecule is CNC(=O)c1cccc(C(C)C)c1OC. The van der Waals surface area contributed by atoms with Gasteiger partial charge in [0.15, 0.2) is 0 Å². The van der Waals surface area contributed by atoms with Gasteiger partial charge in [0.1, 0.15) is 5.75 Å². The van der Waals surface area contributed by atoms with Crippen molar-refractivity contribution >= 4 is 5.91 Å². The number of para-hydroxylation sites is 1. The lowest BCUT2D eigenvalue weighted by atomic mass is 9.99. The molecule has 0 spiro atoms. The maximum absolute atomic E-state index is 11.6. The van der Waals surface area contributed by atoms with Crippen LogP contribution in [0.5, 0.6) is 5.75 Å². The molecule has 0 aliphatic carbocycles. The van der Waals surface area contributed by atoms with Crippen molar-refractivity contribution in [2.45, 2.75) is 19.8 Å². The van der Waals surface area contributed by atoms with Gasteiger partial charge in [-0.15, -0.1) is 0 Å². The standard InChI is InChI=1S/C12H17NO2/c1-8(2)9-6-5-7-10(11(9)15-4)12(14)13-3/h5-8H,1-4H3,(H,13,14). The maximum atomic E-state index is 11.6. The molecule has 0 saturated carbocycles. The lowest BCUT2D eigenvalue weighted by Crippen LogP contribution is -2.19. The second-order valence-electron chi connectivity index (χ2n) is 3.66. The molecule has 0 aromatic heterocycles. The van der Waals surface area contributed by atoms with Crippen molar-refractivity contribution in [1.82, 2.24) is 5.32 Å². The summed E-state index contributed by atoms with van der Waals surface area (Å²) in [6.07, 6.45) is 0. The molecule has 1 N–H and O–H groups in total. The lowest BCUT2D eigenvalue weighted by Gasteiger charge is -2.14. The number of nitrogens with one attached hydrogen (secondary N) is 1. The first-order chi connectivity index (χ1) is 7.11. The highest BCUT2D eigenvalue weighted by Crippen LogP contribution is 2.29. The van der Waals surface area contributed by atoms with Crippen molar-refractivity contribution in [3.05, 3.63) is 29.3 Å². The minimum Gasteiger partial charge on any atom is -0.496 e. The first kappa shape index (κ1) is 11.6. The summed E-state index contributed by atoms with van der Waals surface area (Å²) >= 11 is 0. The first-order valence-electron chi connectivity index (χ1n) is 5.00. The molecular weight excluding hydrogens is 190 g/mol. The number of ether oxygens (including phenoxy) is 1. The normalized spacial score (nSPS) is 10.2. The van der Waals surface area contributed by atoms with Crippen LogP contribution in [0.4, 0.5) is 0 Å². The molecule has 1 aromatic carbocycles.